The number of hydrogen-bond donors (Lipinski definition) is 1. The highest BCUT2D eigenvalue weighted by atomic mass is 16.5. The number of ether oxygens (including phenoxy) is 1. The summed E-state index contributed by atoms with van der Waals surface area (Å²) >= 11 is 0. The fraction of sp³-hybridized carbons (Fsp3) is 0.450. The molecule has 128 valence electrons. The monoisotopic (exact) mass is 327 g/mol. The normalized spacial score (nSPS) is 14.5. The van der Waals surface area contributed by atoms with Gasteiger partial charge >= 0.3 is 0 Å². The molecule has 0 saturated carbocycles. The first-order valence-electron chi connectivity index (χ1n) is 8.72. The van der Waals surface area contributed by atoms with Gasteiger partial charge in [-0.1, -0.05) is 6.92 Å². The molecule has 0 atom stereocenters. The lowest BCUT2D eigenvalue weighted by Crippen LogP contribution is -2.21. The molecule has 4 nitrogen and oxygen atoms in total. The van der Waals surface area contributed by atoms with Crippen LogP contribution in [0.15, 0.2) is 22.6 Å². The second-order valence-electron chi connectivity index (χ2n) is 6.38. The Labute approximate surface area is 142 Å². The van der Waals surface area contributed by atoms with Crippen molar-refractivity contribution in [2.75, 3.05) is 13.7 Å². The maximum absolute atomic E-state index is 12.0. The molecule has 24 heavy (non-hydrogen) atoms. The van der Waals surface area contributed by atoms with Gasteiger partial charge in [0, 0.05) is 41.6 Å². The molecule has 0 saturated heterocycles. The predicted molar refractivity (Wildman–Crippen MR) is 96.4 cm³/mol. The lowest BCUT2D eigenvalue weighted by Gasteiger charge is -2.11. The van der Waals surface area contributed by atoms with E-state index >= 15 is 0 Å². The van der Waals surface area contributed by atoms with Crippen molar-refractivity contribution < 1.29 is 13.9 Å². The summed E-state index contributed by atoms with van der Waals surface area (Å²) in [7, 11) is 1.65. The van der Waals surface area contributed by atoms with Crippen LogP contribution >= 0.6 is 0 Å². The van der Waals surface area contributed by atoms with Gasteiger partial charge in [-0.15, -0.1) is 0 Å². The molecular weight excluding hydrogens is 302 g/mol. The summed E-state index contributed by atoms with van der Waals surface area (Å²) in [5.74, 6) is 1.79. The Morgan fingerprint density at radius 1 is 1.33 bits per heavy atom. The van der Waals surface area contributed by atoms with E-state index < -0.39 is 0 Å². The van der Waals surface area contributed by atoms with E-state index in [1.807, 2.05) is 19.9 Å². The quantitative estimate of drug-likeness (QED) is 0.835. The number of rotatable bonds is 5. The Balaban J connectivity index is 2.02. The summed E-state index contributed by atoms with van der Waals surface area (Å²) in [6.45, 7) is 4.67. The average Bonchev–Trinajstić information content (AvgIpc) is 2.96. The van der Waals surface area contributed by atoms with E-state index in [1.54, 1.807) is 13.2 Å². The van der Waals surface area contributed by atoms with Crippen LogP contribution in [0.2, 0.25) is 0 Å². The van der Waals surface area contributed by atoms with Crippen molar-refractivity contribution in [3.63, 3.8) is 0 Å². The van der Waals surface area contributed by atoms with Crippen molar-refractivity contribution in [1.82, 2.24) is 5.32 Å². The van der Waals surface area contributed by atoms with Gasteiger partial charge in [0.1, 0.15) is 17.1 Å². The molecule has 1 aromatic carbocycles. The number of aryl methyl sites for hydroxylation is 2. The van der Waals surface area contributed by atoms with Crippen molar-refractivity contribution in [1.29, 1.82) is 0 Å². The number of carbonyl (C=O) groups excluding carboxylic acids is 1. The molecule has 0 aliphatic heterocycles. The van der Waals surface area contributed by atoms with Crippen LogP contribution in [0.5, 0.6) is 5.75 Å². The van der Waals surface area contributed by atoms with E-state index in [1.165, 1.54) is 18.4 Å². The van der Waals surface area contributed by atoms with Crippen LogP contribution in [0.3, 0.4) is 0 Å². The number of amides is 1. The second kappa shape index (κ2) is 7.12. The first kappa shape index (κ1) is 16.6. The first-order valence-corrected chi connectivity index (χ1v) is 8.72. The maximum Gasteiger partial charge on any atom is 0.244 e. The number of furan rings is 1. The smallest absolute Gasteiger partial charge is 0.244 e. The Morgan fingerprint density at radius 3 is 2.88 bits per heavy atom. The van der Waals surface area contributed by atoms with E-state index in [4.69, 9.17) is 9.15 Å². The number of carbonyl (C=O) groups is 1. The van der Waals surface area contributed by atoms with Gasteiger partial charge in [0.2, 0.25) is 5.91 Å². The second-order valence-corrected chi connectivity index (χ2v) is 6.38. The third-order valence-corrected chi connectivity index (χ3v) is 4.60. The number of benzene rings is 1. The third kappa shape index (κ3) is 3.18. The van der Waals surface area contributed by atoms with Crippen molar-refractivity contribution in [2.24, 2.45) is 0 Å². The number of methoxy groups -OCH3 is 1. The number of allylic oxidation sites excluding steroid dienone is 1. The summed E-state index contributed by atoms with van der Waals surface area (Å²) in [6.07, 6.45) is 7.04. The molecule has 2 aromatic rings. The minimum absolute atomic E-state index is 0.0641. The molecule has 0 radical (unpaired) electrons. The van der Waals surface area contributed by atoms with Gasteiger partial charge in [-0.25, -0.2) is 0 Å². The van der Waals surface area contributed by atoms with Gasteiger partial charge in [-0.3, -0.25) is 4.79 Å². The molecule has 0 bridgehead atoms. The zero-order valence-electron chi connectivity index (χ0n) is 14.7. The van der Waals surface area contributed by atoms with Crippen LogP contribution in [-0.4, -0.2) is 19.6 Å². The zero-order valence-corrected chi connectivity index (χ0v) is 14.7. The summed E-state index contributed by atoms with van der Waals surface area (Å²) < 4.78 is 11.6. The van der Waals surface area contributed by atoms with Gasteiger partial charge in [-0.05, 0) is 44.2 Å². The highest BCUT2D eigenvalue weighted by Crippen LogP contribution is 2.37. The highest BCUT2D eigenvalue weighted by Gasteiger charge is 2.20. The molecule has 1 N–H and O–H groups in total. The van der Waals surface area contributed by atoms with Crippen LogP contribution < -0.4 is 10.1 Å². The predicted octanol–water partition coefficient (Wildman–Crippen LogP) is 4.25. The van der Waals surface area contributed by atoms with Gasteiger partial charge in [-0.2, -0.15) is 0 Å². The minimum atomic E-state index is -0.0641. The molecule has 4 heteroatoms. The largest absolute Gasteiger partial charge is 0.496 e. The Kier molecular flexibility index (Phi) is 4.93. The molecule has 1 aliphatic carbocycles. The fourth-order valence-corrected chi connectivity index (χ4v) is 3.34. The van der Waals surface area contributed by atoms with E-state index in [-0.39, 0.29) is 5.91 Å². The molecule has 1 heterocycles. The molecular formula is C20H25NO3. The van der Waals surface area contributed by atoms with Crippen molar-refractivity contribution >= 4 is 22.4 Å². The van der Waals surface area contributed by atoms with Gasteiger partial charge < -0.3 is 14.5 Å². The minimum Gasteiger partial charge on any atom is -0.496 e. The molecule has 1 aliphatic rings. The molecule has 0 unspecified atom stereocenters. The van der Waals surface area contributed by atoms with Crippen LogP contribution in [0.25, 0.3) is 16.5 Å². The van der Waals surface area contributed by atoms with E-state index in [0.717, 1.165) is 52.9 Å². The van der Waals surface area contributed by atoms with Crippen LogP contribution in [-0.2, 0) is 17.6 Å². The fourth-order valence-electron chi connectivity index (χ4n) is 3.34. The topological polar surface area (TPSA) is 51.5 Å². The number of hydrogen-bond acceptors (Lipinski definition) is 3. The Bertz CT molecular complexity index is 786. The maximum atomic E-state index is 12.0. The van der Waals surface area contributed by atoms with E-state index in [2.05, 4.69) is 11.4 Å². The molecule has 1 aromatic heterocycles. The number of nitrogens with one attached hydrogen (secondary N) is 1. The highest BCUT2D eigenvalue weighted by molar-refractivity contribution is 5.97. The lowest BCUT2D eigenvalue weighted by molar-refractivity contribution is -0.116. The summed E-state index contributed by atoms with van der Waals surface area (Å²) in [5, 5.41) is 4.03. The zero-order chi connectivity index (χ0) is 17.1. The molecule has 0 fully saturated rings. The third-order valence-electron chi connectivity index (χ3n) is 4.60. The van der Waals surface area contributed by atoms with Crippen molar-refractivity contribution in [3.8, 4) is 5.75 Å². The Morgan fingerprint density at radius 2 is 2.12 bits per heavy atom. The summed E-state index contributed by atoms with van der Waals surface area (Å²) in [4.78, 5) is 12.0. The molecule has 1 amide bonds. The lowest BCUT2D eigenvalue weighted by atomic mass is 9.94. The van der Waals surface area contributed by atoms with Crippen LogP contribution in [0.4, 0.5) is 0 Å². The van der Waals surface area contributed by atoms with Crippen LogP contribution in [0.1, 0.15) is 50.0 Å². The van der Waals surface area contributed by atoms with E-state index in [9.17, 15) is 4.79 Å². The SMILES string of the molecule is CCCNC(=O)/C=C(\C)c1cc2c3c(oc2cc1OC)CCCC3. The first-order chi connectivity index (χ1) is 11.6. The molecule has 3 rings (SSSR count). The van der Waals surface area contributed by atoms with E-state index in [0.29, 0.717) is 6.54 Å². The van der Waals surface area contributed by atoms with Crippen molar-refractivity contribution in [2.45, 2.75) is 46.0 Å². The van der Waals surface area contributed by atoms with Crippen molar-refractivity contribution in [3.05, 3.63) is 35.1 Å². The average molecular weight is 327 g/mol. The Hall–Kier alpha value is -2.23. The van der Waals surface area contributed by atoms with Gasteiger partial charge in [0.05, 0.1) is 7.11 Å². The van der Waals surface area contributed by atoms with Gasteiger partial charge in [0.25, 0.3) is 0 Å². The number of fused-ring (bicyclic) bond motifs is 3. The molecule has 0 spiro atoms. The van der Waals surface area contributed by atoms with Gasteiger partial charge in [0.15, 0.2) is 0 Å². The summed E-state index contributed by atoms with van der Waals surface area (Å²) in [5.41, 5.74) is 4.05. The summed E-state index contributed by atoms with van der Waals surface area (Å²) in [6, 6.07) is 4.06. The standard InChI is InChI=1S/C20H25NO3/c1-4-9-21-20(22)10-13(2)15-11-16-14-7-5-6-8-17(14)24-19(16)12-18(15)23-3/h10-12H,4-9H2,1-3H3,(H,21,22)/b13-10+. The van der Waals surface area contributed by atoms with Crippen LogP contribution in [0, 0.1) is 0 Å².